The van der Waals surface area contributed by atoms with Crippen molar-refractivity contribution in [1.29, 1.82) is 0 Å². The van der Waals surface area contributed by atoms with E-state index in [1.807, 2.05) is 7.05 Å². The molecule has 0 saturated carbocycles. The fourth-order valence-electron chi connectivity index (χ4n) is 5.84. The van der Waals surface area contributed by atoms with E-state index in [4.69, 9.17) is 5.73 Å². The number of primary amides is 1. The van der Waals surface area contributed by atoms with Crippen LogP contribution in [0.1, 0.15) is 70.5 Å². The summed E-state index contributed by atoms with van der Waals surface area (Å²) in [6.07, 6.45) is 3.42. The first-order valence-corrected chi connectivity index (χ1v) is 17.2. The van der Waals surface area contributed by atoms with E-state index in [1.54, 1.807) is 43.0 Å². The zero-order valence-electron chi connectivity index (χ0n) is 29.2. The van der Waals surface area contributed by atoms with Crippen molar-refractivity contribution in [2.24, 2.45) is 17.6 Å². The number of Topliss-reactive ketones (excluding diaryl/α,β-unsaturated/α-hetero) is 1. The van der Waals surface area contributed by atoms with Gasteiger partial charge in [0.2, 0.25) is 11.8 Å². The number of nitrogens with zero attached hydrogens (tertiary/aromatic N) is 3. The lowest BCUT2D eigenvalue weighted by Gasteiger charge is -2.33. The normalized spacial score (nSPS) is 16.7. The number of nitrogens with one attached hydrogen (secondary N) is 3. The minimum Gasteiger partial charge on any atom is -0.378 e. The van der Waals surface area contributed by atoms with Crippen LogP contribution >= 0.6 is 0 Å². The number of unbranched alkanes of at least 4 members (excludes halogenated alkanes) is 2. The van der Waals surface area contributed by atoms with Gasteiger partial charge < -0.3 is 36.6 Å². The summed E-state index contributed by atoms with van der Waals surface area (Å²) in [7, 11) is 1.97. The molecule has 1 unspecified atom stereocenters. The predicted octanol–water partition coefficient (Wildman–Crippen LogP) is 1.08. The molecule has 15 nitrogen and oxygen atoms in total. The van der Waals surface area contributed by atoms with Crippen molar-refractivity contribution in [2.75, 3.05) is 51.6 Å². The molecule has 6 N–H and O–H groups in total. The van der Waals surface area contributed by atoms with Crippen LogP contribution < -0.4 is 21.7 Å². The number of likely N-dealkylation sites (N-methyl/N-ethyl adjacent to an activating group) is 1. The Labute approximate surface area is 293 Å². The number of hydrogen-bond donors (Lipinski definition) is 5. The molecule has 1 fully saturated rings. The van der Waals surface area contributed by atoms with Crippen molar-refractivity contribution in [3.05, 3.63) is 42.0 Å². The van der Waals surface area contributed by atoms with Crippen LogP contribution in [0, 0.1) is 11.8 Å². The molecule has 2 heterocycles. The monoisotopic (exact) mass is 697 g/mol. The highest BCUT2D eigenvalue weighted by Gasteiger charge is 2.30. The number of ketones is 1. The van der Waals surface area contributed by atoms with Gasteiger partial charge in [0.1, 0.15) is 0 Å². The second-order valence-corrected chi connectivity index (χ2v) is 13.2. The summed E-state index contributed by atoms with van der Waals surface area (Å²) >= 11 is 0. The van der Waals surface area contributed by atoms with Gasteiger partial charge in [-0.3, -0.25) is 33.7 Å². The molecule has 0 aromatic heterocycles. The van der Waals surface area contributed by atoms with Crippen molar-refractivity contribution in [1.82, 2.24) is 25.3 Å². The van der Waals surface area contributed by atoms with Crippen LogP contribution in [0.3, 0.4) is 0 Å². The number of piperazine rings is 1. The molecule has 50 heavy (non-hydrogen) atoms. The number of rotatable bonds is 19. The number of hydrogen-bond acceptors (Lipinski definition) is 9. The number of carbonyl (C=O) groups is 7. The molecule has 7 amide bonds. The molecular weight excluding hydrogens is 646 g/mol. The second kappa shape index (κ2) is 19.5. The van der Waals surface area contributed by atoms with E-state index in [0.29, 0.717) is 50.0 Å². The third-order valence-corrected chi connectivity index (χ3v) is 8.91. The van der Waals surface area contributed by atoms with E-state index in [2.05, 4.69) is 20.9 Å². The van der Waals surface area contributed by atoms with Crippen molar-refractivity contribution in [2.45, 2.75) is 70.9 Å². The first-order valence-electron chi connectivity index (χ1n) is 17.2. The quantitative estimate of drug-likeness (QED) is 0.103. The van der Waals surface area contributed by atoms with Gasteiger partial charge in [-0.2, -0.15) is 0 Å². The fraction of sp³-hybridized carbons (Fsp3) is 0.571. The Hall–Kier alpha value is -4.63. The molecule has 2 aliphatic rings. The maximum atomic E-state index is 13.5. The van der Waals surface area contributed by atoms with Gasteiger partial charge in [0.05, 0.1) is 6.04 Å². The lowest BCUT2D eigenvalue weighted by Crippen LogP contribution is -2.48. The van der Waals surface area contributed by atoms with E-state index in [1.165, 1.54) is 12.2 Å². The van der Waals surface area contributed by atoms with Crippen LogP contribution in [0.5, 0.6) is 0 Å². The minimum atomic E-state index is -1.33. The smallest absolute Gasteiger partial charge is 0.312 e. The first kappa shape index (κ1) is 39.8. The summed E-state index contributed by atoms with van der Waals surface area (Å²) in [6, 6.07) is 4.77. The van der Waals surface area contributed by atoms with Crippen LogP contribution in [0.25, 0.3) is 0 Å². The van der Waals surface area contributed by atoms with Gasteiger partial charge in [-0.1, -0.05) is 32.4 Å². The summed E-state index contributed by atoms with van der Waals surface area (Å²) in [5.74, 6) is -3.16. The molecule has 2 aliphatic heterocycles. The Morgan fingerprint density at radius 3 is 2.14 bits per heavy atom. The first-order chi connectivity index (χ1) is 23.8. The van der Waals surface area contributed by atoms with Gasteiger partial charge >= 0.3 is 6.03 Å². The second-order valence-electron chi connectivity index (χ2n) is 13.2. The lowest BCUT2D eigenvalue weighted by atomic mass is 9.89. The minimum absolute atomic E-state index is 0.158. The Morgan fingerprint density at radius 1 is 0.900 bits per heavy atom. The Balaban J connectivity index is 1.56. The highest BCUT2D eigenvalue weighted by atomic mass is 16.3. The molecule has 0 aliphatic carbocycles. The average molecular weight is 698 g/mol. The van der Waals surface area contributed by atoms with Gasteiger partial charge in [-0.05, 0) is 56.3 Å². The van der Waals surface area contributed by atoms with E-state index in [0.717, 1.165) is 18.0 Å². The summed E-state index contributed by atoms with van der Waals surface area (Å²) in [5, 5.41) is 18.8. The van der Waals surface area contributed by atoms with Gasteiger partial charge in [-0.25, -0.2) is 4.79 Å². The van der Waals surface area contributed by atoms with Crippen molar-refractivity contribution < 1.29 is 38.7 Å². The number of anilines is 1. The summed E-state index contributed by atoms with van der Waals surface area (Å²) in [4.78, 5) is 92.0. The van der Waals surface area contributed by atoms with Crippen LogP contribution in [-0.2, 0) is 28.8 Å². The molecule has 3 rings (SSSR count). The molecule has 0 spiro atoms. The Kier molecular flexibility index (Phi) is 15.5. The zero-order chi connectivity index (χ0) is 36.8. The van der Waals surface area contributed by atoms with Gasteiger partial charge in [0, 0.05) is 75.9 Å². The summed E-state index contributed by atoms with van der Waals surface area (Å²) in [5.41, 5.74) is 5.96. The molecular formula is C35H51N7O8. The molecule has 1 aromatic rings. The van der Waals surface area contributed by atoms with Gasteiger partial charge in [0.25, 0.3) is 17.7 Å². The lowest BCUT2D eigenvalue weighted by molar-refractivity contribution is -0.142. The number of imide groups is 1. The number of nitrogens with two attached hydrogens (primary N) is 1. The molecule has 274 valence electrons. The van der Waals surface area contributed by atoms with E-state index in [-0.39, 0.29) is 67.7 Å². The third kappa shape index (κ3) is 12.4. The molecule has 3 atom stereocenters. The highest BCUT2D eigenvalue weighted by molar-refractivity contribution is 6.12. The topological polar surface area (TPSA) is 212 Å². The predicted molar refractivity (Wildman–Crippen MR) is 185 cm³/mol. The van der Waals surface area contributed by atoms with Gasteiger partial charge in [0.15, 0.2) is 11.9 Å². The standard InChI is InChI=1S/C35H51N7O8/c1-23(2)31(39-28(44)9-5-4-6-17-42-29(45)14-15-30(42)46)27(43)22-25(8-7-16-37-35(36)50)33(48)38-26-12-10-24(11-13-26)32(47)34(49)41-20-18-40(3)19-21-41/h10-15,23,25,31-32,47H,4-9,16-22H2,1-3H3,(H,38,48)(H,39,44)(H3,36,37,50)/t25-,31+,32?/m1/s1. The fourth-order valence-corrected chi connectivity index (χ4v) is 5.84. The molecule has 15 heteroatoms. The number of benzene rings is 1. The number of amides is 7. The maximum absolute atomic E-state index is 13.5. The number of urea groups is 1. The van der Waals surface area contributed by atoms with Crippen molar-refractivity contribution in [3.63, 3.8) is 0 Å². The molecule has 0 bridgehead atoms. The third-order valence-electron chi connectivity index (χ3n) is 8.91. The van der Waals surface area contributed by atoms with E-state index >= 15 is 0 Å². The van der Waals surface area contributed by atoms with Crippen LogP contribution in [-0.4, -0.2) is 114 Å². The molecule has 1 saturated heterocycles. The Bertz CT molecular complexity index is 1390. The molecule has 1 aromatic carbocycles. The van der Waals surface area contributed by atoms with Gasteiger partial charge in [-0.15, -0.1) is 0 Å². The van der Waals surface area contributed by atoms with Crippen LogP contribution in [0.2, 0.25) is 0 Å². The number of aliphatic hydroxyl groups is 1. The van der Waals surface area contributed by atoms with Crippen molar-refractivity contribution in [3.8, 4) is 0 Å². The number of carbonyl (C=O) groups excluding carboxylic acids is 7. The summed E-state index contributed by atoms with van der Waals surface area (Å²) < 4.78 is 0. The average Bonchev–Trinajstić information content (AvgIpc) is 3.40. The zero-order valence-corrected chi connectivity index (χ0v) is 29.2. The van der Waals surface area contributed by atoms with E-state index < -0.39 is 30.0 Å². The van der Waals surface area contributed by atoms with Crippen molar-refractivity contribution >= 4 is 47.0 Å². The SMILES string of the molecule is CC(C)[C@H](NC(=O)CCCCCN1C(=O)C=CC1=O)C(=O)C[C@@H](CCCNC(N)=O)C(=O)Nc1ccc(C(O)C(=O)N2CCN(C)CC2)cc1. The number of aliphatic hydroxyl groups excluding tert-OH is 1. The van der Waals surface area contributed by atoms with Crippen LogP contribution in [0.15, 0.2) is 36.4 Å². The Morgan fingerprint density at radius 2 is 1.54 bits per heavy atom. The van der Waals surface area contributed by atoms with E-state index in [9.17, 15) is 38.7 Å². The highest BCUT2D eigenvalue weighted by Crippen LogP contribution is 2.22. The van der Waals surface area contributed by atoms with Crippen LogP contribution in [0.4, 0.5) is 10.5 Å². The molecule has 0 radical (unpaired) electrons. The largest absolute Gasteiger partial charge is 0.378 e. The summed E-state index contributed by atoms with van der Waals surface area (Å²) in [6.45, 7) is 6.61. The maximum Gasteiger partial charge on any atom is 0.312 e.